The maximum atomic E-state index is 13.7. The quantitative estimate of drug-likeness (QED) is 0.408. The van der Waals surface area contributed by atoms with Crippen molar-refractivity contribution >= 4 is 23.4 Å². The van der Waals surface area contributed by atoms with Crippen LogP contribution in [0.4, 0.5) is 0 Å². The van der Waals surface area contributed by atoms with E-state index in [1.165, 1.54) is 11.0 Å². The Morgan fingerprint density at radius 2 is 1.72 bits per heavy atom. The number of phenols is 1. The van der Waals surface area contributed by atoms with E-state index in [1.54, 1.807) is 25.1 Å². The van der Waals surface area contributed by atoms with Gasteiger partial charge in [0.25, 0.3) is 0 Å². The first-order valence-corrected chi connectivity index (χ1v) is 12.2. The maximum Gasteiger partial charge on any atom is 0.234 e. The van der Waals surface area contributed by atoms with Crippen molar-refractivity contribution in [1.29, 1.82) is 0 Å². The first-order chi connectivity index (χ1) is 17.3. The molecule has 6 heteroatoms. The van der Waals surface area contributed by atoms with Crippen LogP contribution in [-0.4, -0.2) is 33.4 Å². The van der Waals surface area contributed by atoms with Gasteiger partial charge in [0.2, 0.25) is 11.8 Å². The van der Waals surface area contributed by atoms with Gasteiger partial charge in [-0.15, -0.1) is 0 Å². The van der Waals surface area contributed by atoms with Crippen LogP contribution in [0.5, 0.6) is 5.75 Å². The number of Topliss-reactive ketones (excluding diaryl/α,β-unsaturated/α-hetero) is 1. The number of nitrogens with zero attached hydrogens (tertiary/aromatic N) is 1. The van der Waals surface area contributed by atoms with Crippen molar-refractivity contribution in [3.05, 3.63) is 100 Å². The minimum atomic E-state index is -0.579. The number of amides is 2. The number of imide groups is 1. The topological polar surface area (TPSA) is 91.8 Å². The van der Waals surface area contributed by atoms with Gasteiger partial charge < -0.3 is 5.11 Å². The van der Waals surface area contributed by atoms with Crippen molar-refractivity contribution in [2.24, 2.45) is 17.8 Å². The molecule has 36 heavy (non-hydrogen) atoms. The van der Waals surface area contributed by atoms with Gasteiger partial charge in [-0.2, -0.15) is 0 Å². The molecule has 2 amide bonds. The zero-order valence-corrected chi connectivity index (χ0v) is 19.8. The van der Waals surface area contributed by atoms with E-state index in [1.807, 2.05) is 42.5 Å². The molecule has 6 rings (SSSR count). The molecule has 1 fully saturated rings. The smallest absolute Gasteiger partial charge is 0.234 e. The van der Waals surface area contributed by atoms with Gasteiger partial charge in [-0.3, -0.25) is 24.1 Å². The summed E-state index contributed by atoms with van der Waals surface area (Å²) in [5, 5.41) is 10.2. The molecule has 2 aromatic carbocycles. The number of carbonyl (C=O) groups is 4. The monoisotopic (exact) mass is 479 g/mol. The number of ketones is 2. The summed E-state index contributed by atoms with van der Waals surface area (Å²) in [4.78, 5) is 54.9. The van der Waals surface area contributed by atoms with E-state index < -0.39 is 17.8 Å². The summed E-state index contributed by atoms with van der Waals surface area (Å²) in [6.45, 7) is 1.86. The molecule has 3 aliphatic carbocycles. The molecular weight excluding hydrogens is 454 g/mol. The van der Waals surface area contributed by atoms with Gasteiger partial charge >= 0.3 is 0 Å². The highest BCUT2D eigenvalue weighted by Gasteiger charge is 2.56. The summed E-state index contributed by atoms with van der Waals surface area (Å²) in [7, 11) is 0. The Balaban J connectivity index is 1.44. The number of aromatic hydroxyl groups is 1. The number of likely N-dealkylation sites (tertiary alicyclic amines) is 1. The van der Waals surface area contributed by atoms with E-state index in [0.717, 1.165) is 11.1 Å². The van der Waals surface area contributed by atoms with Crippen molar-refractivity contribution in [3.8, 4) is 5.75 Å². The lowest BCUT2D eigenvalue weighted by Crippen LogP contribution is -2.39. The average Bonchev–Trinajstić information content (AvgIpc) is 3.11. The molecule has 4 atom stereocenters. The Morgan fingerprint density at radius 3 is 2.47 bits per heavy atom. The largest absolute Gasteiger partial charge is 0.508 e. The fourth-order valence-electron chi connectivity index (χ4n) is 6.43. The predicted octanol–water partition coefficient (Wildman–Crippen LogP) is 4.02. The second-order valence-corrected chi connectivity index (χ2v) is 10.1. The molecule has 1 heterocycles. The summed E-state index contributed by atoms with van der Waals surface area (Å²) in [5.41, 5.74) is 3.71. The highest BCUT2D eigenvalue weighted by atomic mass is 16.3. The second kappa shape index (κ2) is 8.26. The molecule has 180 valence electrons. The molecule has 0 radical (unpaired) electrons. The van der Waals surface area contributed by atoms with Crippen molar-refractivity contribution in [2.75, 3.05) is 0 Å². The summed E-state index contributed by atoms with van der Waals surface area (Å²) >= 11 is 0. The lowest BCUT2D eigenvalue weighted by molar-refractivity contribution is -0.140. The summed E-state index contributed by atoms with van der Waals surface area (Å²) in [6, 6.07) is 16.1. The van der Waals surface area contributed by atoms with Gasteiger partial charge in [0.15, 0.2) is 11.6 Å². The zero-order chi connectivity index (χ0) is 25.1. The van der Waals surface area contributed by atoms with Crippen molar-refractivity contribution < 1.29 is 24.3 Å². The van der Waals surface area contributed by atoms with Crippen molar-refractivity contribution in [3.63, 3.8) is 0 Å². The second-order valence-electron chi connectivity index (χ2n) is 10.1. The third kappa shape index (κ3) is 3.32. The van der Waals surface area contributed by atoms with E-state index in [-0.39, 0.29) is 48.0 Å². The van der Waals surface area contributed by atoms with Gasteiger partial charge in [0.1, 0.15) is 5.75 Å². The van der Waals surface area contributed by atoms with E-state index in [0.29, 0.717) is 28.7 Å². The van der Waals surface area contributed by atoms with Crippen LogP contribution < -0.4 is 0 Å². The van der Waals surface area contributed by atoms with Crippen LogP contribution in [0.25, 0.3) is 0 Å². The molecule has 0 aromatic heterocycles. The minimum absolute atomic E-state index is 0.0639. The minimum Gasteiger partial charge on any atom is -0.508 e. The van der Waals surface area contributed by atoms with E-state index in [4.69, 9.17) is 0 Å². The first kappa shape index (κ1) is 22.4. The summed E-state index contributed by atoms with van der Waals surface area (Å²) in [6.07, 6.45) is 4.03. The number of allylic oxidation sites excluding steroid dienone is 6. The molecule has 0 bridgehead atoms. The third-order valence-electron chi connectivity index (χ3n) is 8.04. The zero-order valence-electron chi connectivity index (χ0n) is 19.8. The Labute approximate surface area is 208 Å². The third-order valence-corrected chi connectivity index (χ3v) is 8.04. The molecular formula is C30H25NO5. The molecule has 2 aromatic rings. The molecule has 1 aliphatic heterocycles. The molecule has 6 nitrogen and oxygen atoms in total. The van der Waals surface area contributed by atoms with Gasteiger partial charge in [-0.25, -0.2) is 0 Å². The normalized spacial score (nSPS) is 27.4. The van der Waals surface area contributed by atoms with Gasteiger partial charge in [0.05, 0.1) is 18.4 Å². The van der Waals surface area contributed by atoms with E-state index >= 15 is 0 Å². The fraction of sp³-hybridized carbons (Fsp3) is 0.267. The van der Waals surface area contributed by atoms with Crippen molar-refractivity contribution in [1.82, 2.24) is 4.90 Å². The standard InChI is InChI=1S/C30H25NO5/c1-16-12-24(33)23-14-22-20(25(27(23)28(16)34)18-8-5-9-19(32)13-18)10-11-21-26(22)30(36)31(29(21)35)15-17-6-3-2-4-7-17/h2-10,12-13,21-22,25-26,32H,11,14-15H2,1H3/t21-,22+,25-,26-/m0/s1. The van der Waals surface area contributed by atoms with Crippen LogP contribution in [0.3, 0.4) is 0 Å². The number of carbonyl (C=O) groups excluding carboxylic acids is 4. The number of benzene rings is 2. The molecule has 0 saturated carbocycles. The van der Waals surface area contributed by atoms with Gasteiger partial charge in [0, 0.05) is 22.6 Å². The number of hydrogen-bond donors (Lipinski definition) is 1. The fourth-order valence-corrected chi connectivity index (χ4v) is 6.43. The Morgan fingerprint density at radius 1 is 0.944 bits per heavy atom. The lowest BCUT2D eigenvalue weighted by Gasteiger charge is -2.42. The SMILES string of the molecule is CC1=CC(=O)C2=C(C1=O)[C@@H](c1cccc(O)c1)C1=CC[C@@H]3C(=O)N(Cc4ccccc4)C(=O)[C@@H]3[C@@H]1C2. The van der Waals surface area contributed by atoms with E-state index in [9.17, 15) is 24.3 Å². The number of rotatable bonds is 3. The highest BCUT2D eigenvalue weighted by molar-refractivity contribution is 6.23. The van der Waals surface area contributed by atoms with Crippen LogP contribution in [0.2, 0.25) is 0 Å². The Kier molecular flexibility index (Phi) is 5.14. The van der Waals surface area contributed by atoms with Crippen molar-refractivity contribution in [2.45, 2.75) is 32.2 Å². The number of fused-ring (bicyclic) bond motifs is 3. The number of hydrogen-bond acceptors (Lipinski definition) is 5. The van der Waals surface area contributed by atoms with Crippen LogP contribution in [0, 0.1) is 17.8 Å². The molecule has 4 aliphatic rings. The average molecular weight is 480 g/mol. The number of phenolic OH excluding ortho intramolecular Hbond substituents is 1. The van der Waals surface area contributed by atoms with E-state index in [2.05, 4.69) is 0 Å². The Hall–Kier alpha value is -4.06. The van der Waals surface area contributed by atoms with Crippen LogP contribution in [0.15, 0.2) is 89.0 Å². The Bertz CT molecular complexity index is 1430. The first-order valence-electron chi connectivity index (χ1n) is 12.2. The van der Waals surface area contributed by atoms with Gasteiger partial charge in [-0.1, -0.05) is 54.1 Å². The van der Waals surface area contributed by atoms with Crippen LogP contribution in [0.1, 0.15) is 36.8 Å². The molecule has 1 N–H and O–H groups in total. The van der Waals surface area contributed by atoms with Crippen LogP contribution in [-0.2, 0) is 25.7 Å². The lowest BCUT2D eigenvalue weighted by atomic mass is 9.59. The summed E-state index contributed by atoms with van der Waals surface area (Å²) < 4.78 is 0. The summed E-state index contributed by atoms with van der Waals surface area (Å²) in [5.74, 6) is -2.70. The molecule has 0 unspecified atom stereocenters. The highest BCUT2D eigenvalue weighted by Crippen LogP contribution is 2.55. The van der Waals surface area contributed by atoms with Crippen LogP contribution >= 0.6 is 0 Å². The molecule has 1 saturated heterocycles. The maximum absolute atomic E-state index is 13.7. The van der Waals surface area contributed by atoms with Gasteiger partial charge in [-0.05, 0) is 55.0 Å². The molecule has 0 spiro atoms. The predicted molar refractivity (Wildman–Crippen MR) is 131 cm³/mol.